The Balaban J connectivity index is 2.98. The molecule has 2 N–H and O–H groups in total. The van der Waals surface area contributed by atoms with E-state index < -0.39 is 11.7 Å². The zero-order chi connectivity index (χ0) is 8.65. The Bertz CT molecular complexity index is 224. The highest BCUT2D eigenvalue weighted by atomic mass is 16.3. The van der Waals surface area contributed by atoms with Crippen molar-refractivity contribution < 1.29 is 10.2 Å². The molecule has 2 heteroatoms. The molecule has 1 rings (SSSR count). The molecule has 0 saturated carbocycles. The molecule has 0 saturated heterocycles. The zero-order valence-electron chi connectivity index (χ0n) is 7.13. The Morgan fingerprint density at radius 3 is 2.36 bits per heavy atom. The van der Waals surface area contributed by atoms with Crippen molar-refractivity contribution in [3.63, 3.8) is 0 Å². The summed E-state index contributed by atoms with van der Waals surface area (Å²) in [6.45, 7) is 5.45. The maximum absolute atomic E-state index is 9.56. The summed E-state index contributed by atoms with van der Waals surface area (Å²) in [5.41, 5.74) is 0.966. The molecule has 62 valence electrons. The maximum atomic E-state index is 9.56. The van der Waals surface area contributed by atoms with Gasteiger partial charge in [-0.1, -0.05) is 0 Å². The molecule has 0 aromatic carbocycles. The van der Waals surface area contributed by atoms with E-state index in [1.54, 1.807) is 19.1 Å². The first-order valence-corrected chi connectivity index (χ1v) is 3.72. The van der Waals surface area contributed by atoms with Gasteiger partial charge in [0.15, 0.2) is 0 Å². The van der Waals surface area contributed by atoms with Gasteiger partial charge in [-0.15, -0.1) is 0 Å². The standard InChI is InChI=1S/C9H14O2/c1-6-4-8(10)9(3,11)5-7(6)2/h4-5,8,10-11H,1-3H3/t8-,9+/m0/s1. The lowest BCUT2D eigenvalue weighted by molar-refractivity contribution is -0.00205. The molecule has 0 bridgehead atoms. The van der Waals surface area contributed by atoms with E-state index in [0.29, 0.717) is 0 Å². The average Bonchev–Trinajstić information content (AvgIpc) is 1.83. The molecule has 0 aromatic heterocycles. The van der Waals surface area contributed by atoms with Crippen LogP contribution in [-0.2, 0) is 0 Å². The van der Waals surface area contributed by atoms with Crippen LogP contribution in [0, 0.1) is 0 Å². The van der Waals surface area contributed by atoms with Crippen molar-refractivity contribution in [2.45, 2.75) is 32.5 Å². The van der Waals surface area contributed by atoms with E-state index in [2.05, 4.69) is 0 Å². The molecule has 2 nitrogen and oxygen atoms in total. The van der Waals surface area contributed by atoms with Gasteiger partial charge in [-0.25, -0.2) is 0 Å². The number of hydrogen-bond donors (Lipinski definition) is 2. The second kappa shape index (κ2) is 2.47. The van der Waals surface area contributed by atoms with E-state index in [1.807, 2.05) is 13.8 Å². The largest absolute Gasteiger partial charge is 0.386 e. The Hall–Kier alpha value is -0.600. The van der Waals surface area contributed by atoms with E-state index in [4.69, 9.17) is 0 Å². The number of allylic oxidation sites excluding steroid dienone is 2. The van der Waals surface area contributed by atoms with E-state index >= 15 is 0 Å². The molecule has 1 aliphatic carbocycles. The van der Waals surface area contributed by atoms with Crippen molar-refractivity contribution in [1.29, 1.82) is 0 Å². The molecule has 11 heavy (non-hydrogen) atoms. The summed E-state index contributed by atoms with van der Waals surface area (Å²) in [7, 11) is 0. The zero-order valence-corrected chi connectivity index (χ0v) is 7.13. The average molecular weight is 154 g/mol. The molecule has 0 unspecified atom stereocenters. The normalized spacial score (nSPS) is 38.1. The summed E-state index contributed by atoms with van der Waals surface area (Å²) in [5, 5.41) is 18.9. The minimum Gasteiger partial charge on any atom is -0.386 e. The van der Waals surface area contributed by atoms with Crippen molar-refractivity contribution >= 4 is 0 Å². The molecule has 1 aliphatic rings. The quantitative estimate of drug-likeness (QED) is 0.546. The summed E-state index contributed by atoms with van der Waals surface area (Å²) in [6, 6.07) is 0. The monoisotopic (exact) mass is 154 g/mol. The highest BCUT2D eigenvalue weighted by Gasteiger charge is 2.29. The van der Waals surface area contributed by atoms with Crippen LogP contribution < -0.4 is 0 Å². The Labute approximate surface area is 66.9 Å². The summed E-state index contributed by atoms with van der Waals surface area (Å²) >= 11 is 0. The number of aliphatic hydroxyl groups is 2. The van der Waals surface area contributed by atoms with Gasteiger partial charge in [-0.05, 0) is 44.1 Å². The van der Waals surface area contributed by atoms with Crippen LogP contribution in [0.4, 0.5) is 0 Å². The molecule has 0 aliphatic heterocycles. The second-order valence-electron chi connectivity index (χ2n) is 3.35. The van der Waals surface area contributed by atoms with Crippen molar-refractivity contribution in [2.24, 2.45) is 0 Å². The first-order valence-electron chi connectivity index (χ1n) is 3.72. The lowest BCUT2D eigenvalue weighted by Gasteiger charge is -2.28. The van der Waals surface area contributed by atoms with Gasteiger partial charge >= 0.3 is 0 Å². The van der Waals surface area contributed by atoms with Crippen LogP contribution in [0.25, 0.3) is 0 Å². The van der Waals surface area contributed by atoms with Gasteiger partial charge in [0.25, 0.3) is 0 Å². The predicted octanol–water partition coefficient (Wildman–Crippen LogP) is 1.00. The maximum Gasteiger partial charge on any atom is 0.110 e. The number of aliphatic hydroxyl groups excluding tert-OH is 1. The number of rotatable bonds is 0. The highest BCUT2D eigenvalue weighted by molar-refractivity contribution is 5.36. The van der Waals surface area contributed by atoms with Crippen molar-refractivity contribution in [1.82, 2.24) is 0 Å². The third-order valence-electron chi connectivity index (χ3n) is 2.14. The molecule has 0 fully saturated rings. The van der Waals surface area contributed by atoms with Crippen molar-refractivity contribution in [2.75, 3.05) is 0 Å². The highest BCUT2D eigenvalue weighted by Crippen LogP contribution is 2.25. The van der Waals surface area contributed by atoms with Crippen LogP contribution in [0.2, 0.25) is 0 Å². The Morgan fingerprint density at radius 1 is 1.36 bits per heavy atom. The first kappa shape index (κ1) is 8.50. The molecule has 0 spiro atoms. The predicted molar refractivity (Wildman–Crippen MR) is 44.1 cm³/mol. The molecule has 0 amide bonds. The summed E-state index contributed by atoms with van der Waals surface area (Å²) in [5.74, 6) is 0. The summed E-state index contributed by atoms with van der Waals surface area (Å²) in [6.07, 6.45) is 2.59. The first-order chi connectivity index (χ1) is 4.93. The van der Waals surface area contributed by atoms with Crippen LogP contribution >= 0.6 is 0 Å². The van der Waals surface area contributed by atoms with Gasteiger partial charge in [-0.3, -0.25) is 0 Å². The van der Waals surface area contributed by atoms with Gasteiger partial charge in [0.05, 0.1) is 0 Å². The fourth-order valence-corrected chi connectivity index (χ4v) is 1.17. The van der Waals surface area contributed by atoms with Gasteiger partial charge in [0.1, 0.15) is 11.7 Å². The fourth-order valence-electron chi connectivity index (χ4n) is 1.17. The fraction of sp³-hybridized carbons (Fsp3) is 0.556. The van der Waals surface area contributed by atoms with Gasteiger partial charge in [0.2, 0.25) is 0 Å². The van der Waals surface area contributed by atoms with Crippen LogP contribution in [0.1, 0.15) is 20.8 Å². The molecule has 0 heterocycles. The van der Waals surface area contributed by atoms with Crippen LogP contribution in [0.5, 0.6) is 0 Å². The number of hydrogen-bond acceptors (Lipinski definition) is 2. The second-order valence-corrected chi connectivity index (χ2v) is 3.35. The third kappa shape index (κ3) is 1.52. The van der Waals surface area contributed by atoms with Crippen LogP contribution in [-0.4, -0.2) is 21.9 Å². The lowest BCUT2D eigenvalue weighted by atomic mass is 9.87. The Morgan fingerprint density at radius 2 is 1.91 bits per heavy atom. The SMILES string of the molecule is CC1=C[C@H](O)[C@](C)(O)C=C1C. The molecular formula is C9H14O2. The van der Waals surface area contributed by atoms with Gasteiger partial charge < -0.3 is 10.2 Å². The van der Waals surface area contributed by atoms with E-state index in [-0.39, 0.29) is 0 Å². The van der Waals surface area contributed by atoms with E-state index in [1.165, 1.54) is 0 Å². The van der Waals surface area contributed by atoms with Crippen LogP contribution in [0.3, 0.4) is 0 Å². The molecule has 0 radical (unpaired) electrons. The Kier molecular flexibility index (Phi) is 1.90. The van der Waals surface area contributed by atoms with Crippen LogP contribution in [0.15, 0.2) is 23.3 Å². The van der Waals surface area contributed by atoms with E-state index in [0.717, 1.165) is 11.1 Å². The lowest BCUT2D eigenvalue weighted by Crippen LogP contribution is -2.38. The summed E-state index contributed by atoms with van der Waals surface area (Å²) in [4.78, 5) is 0. The third-order valence-corrected chi connectivity index (χ3v) is 2.14. The summed E-state index contributed by atoms with van der Waals surface area (Å²) < 4.78 is 0. The van der Waals surface area contributed by atoms with Gasteiger partial charge in [0, 0.05) is 0 Å². The topological polar surface area (TPSA) is 40.5 Å². The minimum atomic E-state index is -1.09. The molecule has 2 atom stereocenters. The van der Waals surface area contributed by atoms with Crippen molar-refractivity contribution in [3.05, 3.63) is 23.3 Å². The van der Waals surface area contributed by atoms with Gasteiger partial charge in [-0.2, -0.15) is 0 Å². The smallest absolute Gasteiger partial charge is 0.110 e. The minimum absolute atomic E-state index is 0.772. The van der Waals surface area contributed by atoms with Crippen molar-refractivity contribution in [3.8, 4) is 0 Å². The van der Waals surface area contributed by atoms with E-state index in [9.17, 15) is 10.2 Å². The molecule has 0 aromatic rings. The molecular weight excluding hydrogens is 140 g/mol.